The van der Waals surface area contributed by atoms with Crippen molar-refractivity contribution in [2.24, 2.45) is 5.92 Å². The molecule has 4 heteroatoms. The Hall–Kier alpha value is -1.55. The van der Waals surface area contributed by atoms with E-state index < -0.39 is 5.97 Å². The first-order valence-electron chi connectivity index (χ1n) is 6.13. The van der Waals surface area contributed by atoms with Crippen molar-refractivity contribution in [2.75, 3.05) is 26.7 Å². The third-order valence-electron chi connectivity index (χ3n) is 2.52. The number of carbonyl (C=O) groups is 1. The van der Waals surface area contributed by atoms with Gasteiger partial charge in [0.25, 0.3) is 0 Å². The van der Waals surface area contributed by atoms with Crippen LogP contribution in [-0.2, 0) is 0 Å². The number of carboxylic acid groups (broad SMARTS) is 1. The van der Waals surface area contributed by atoms with Crippen molar-refractivity contribution < 1.29 is 14.6 Å². The minimum absolute atomic E-state index is 0.277. The minimum atomic E-state index is -0.918. The van der Waals surface area contributed by atoms with Crippen molar-refractivity contribution in [3.05, 3.63) is 29.8 Å². The van der Waals surface area contributed by atoms with E-state index in [9.17, 15) is 4.79 Å². The Labute approximate surface area is 108 Å². The maximum Gasteiger partial charge on any atom is 0.335 e. The Bertz CT molecular complexity index is 373. The summed E-state index contributed by atoms with van der Waals surface area (Å²) in [5.74, 6) is 0.431. The molecule has 0 aromatic heterocycles. The Morgan fingerprint density at radius 1 is 1.33 bits per heavy atom. The SMILES string of the molecule is CC(C)CN(C)CCOc1ccc(C(=O)O)cc1. The third-order valence-corrected chi connectivity index (χ3v) is 2.52. The van der Waals surface area contributed by atoms with Gasteiger partial charge >= 0.3 is 5.97 Å². The van der Waals surface area contributed by atoms with Crippen LogP contribution in [0.2, 0.25) is 0 Å². The largest absolute Gasteiger partial charge is 0.492 e. The Kier molecular flexibility index (Phi) is 5.65. The van der Waals surface area contributed by atoms with Gasteiger partial charge in [-0.15, -0.1) is 0 Å². The maximum atomic E-state index is 10.7. The molecule has 18 heavy (non-hydrogen) atoms. The van der Waals surface area contributed by atoms with Gasteiger partial charge in [0.15, 0.2) is 0 Å². The van der Waals surface area contributed by atoms with Crippen LogP contribution in [-0.4, -0.2) is 42.7 Å². The fourth-order valence-electron chi connectivity index (χ4n) is 1.73. The third kappa shape index (κ3) is 5.19. The van der Waals surface area contributed by atoms with Gasteiger partial charge in [0.1, 0.15) is 12.4 Å². The lowest BCUT2D eigenvalue weighted by Gasteiger charge is -2.18. The van der Waals surface area contributed by atoms with Gasteiger partial charge in [-0.25, -0.2) is 4.79 Å². The molecular formula is C14H21NO3. The van der Waals surface area contributed by atoms with Crippen LogP contribution in [0, 0.1) is 5.92 Å². The van der Waals surface area contributed by atoms with E-state index in [1.165, 1.54) is 0 Å². The molecule has 1 N–H and O–H groups in total. The number of rotatable bonds is 7. The van der Waals surface area contributed by atoms with Crippen molar-refractivity contribution in [1.29, 1.82) is 0 Å². The zero-order valence-corrected chi connectivity index (χ0v) is 11.2. The minimum Gasteiger partial charge on any atom is -0.492 e. The fraction of sp³-hybridized carbons (Fsp3) is 0.500. The van der Waals surface area contributed by atoms with E-state index in [1.54, 1.807) is 24.3 Å². The molecule has 1 aromatic carbocycles. The van der Waals surface area contributed by atoms with Crippen molar-refractivity contribution in [3.63, 3.8) is 0 Å². The molecule has 100 valence electrons. The Morgan fingerprint density at radius 2 is 1.94 bits per heavy atom. The van der Waals surface area contributed by atoms with Crippen LogP contribution in [0.5, 0.6) is 5.75 Å². The van der Waals surface area contributed by atoms with E-state index >= 15 is 0 Å². The summed E-state index contributed by atoms with van der Waals surface area (Å²) in [6.07, 6.45) is 0. The normalized spacial score (nSPS) is 10.9. The predicted molar refractivity (Wildman–Crippen MR) is 71.2 cm³/mol. The second-order valence-electron chi connectivity index (χ2n) is 4.83. The monoisotopic (exact) mass is 251 g/mol. The van der Waals surface area contributed by atoms with Gasteiger partial charge in [0.05, 0.1) is 5.56 Å². The molecule has 0 amide bonds. The zero-order chi connectivity index (χ0) is 13.5. The number of likely N-dealkylation sites (N-methyl/N-ethyl adjacent to an activating group) is 1. The van der Waals surface area contributed by atoms with E-state index in [0.717, 1.165) is 13.1 Å². The predicted octanol–water partition coefficient (Wildman–Crippen LogP) is 2.35. The number of nitrogens with zero attached hydrogens (tertiary/aromatic N) is 1. The van der Waals surface area contributed by atoms with Gasteiger partial charge in [-0.1, -0.05) is 13.8 Å². The Morgan fingerprint density at radius 3 is 2.44 bits per heavy atom. The van der Waals surface area contributed by atoms with Crippen LogP contribution in [0.15, 0.2) is 24.3 Å². The molecule has 1 aromatic rings. The lowest BCUT2D eigenvalue weighted by molar-refractivity contribution is 0.0697. The van der Waals surface area contributed by atoms with Crippen molar-refractivity contribution in [1.82, 2.24) is 4.90 Å². The molecule has 0 saturated carbocycles. The van der Waals surface area contributed by atoms with Crippen LogP contribution >= 0.6 is 0 Å². The van der Waals surface area contributed by atoms with Gasteiger partial charge in [-0.05, 0) is 37.2 Å². The van der Waals surface area contributed by atoms with Crippen molar-refractivity contribution in [3.8, 4) is 5.75 Å². The molecule has 0 atom stereocenters. The van der Waals surface area contributed by atoms with Crippen molar-refractivity contribution in [2.45, 2.75) is 13.8 Å². The molecule has 0 heterocycles. The lowest BCUT2D eigenvalue weighted by atomic mass is 10.2. The molecule has 0 spiro atoms. The first-order chi connectivity index (χ1) is 8.49. The molecule has 0 aliphatic carbocycles. The first-order valence-corrected chi connectivity index (χ1v) is 6.13. The van der Waals surface area contributed by atoms with E-state index in [-0.39, 0.29) is 5.56 Å². The van der Waals surface area contributed by atoms with Crippen LogP contribution in [0.3, 0.4) is 0 Å². The van der Waals surface area contributed by atoms with E-state index in [4.69, 9.17) is 9.84 Å². The molecule has 0 bridgehead atoms. The highest BCUT2D eigenvalue weighted by Crippen LogP contribution is 2.12. The molecule has 0 radical (unpaired) electrons. The summed E-state index contributed by atoms with van der Waals surface area (Å²) in [7, 11) is 2.07. The van der Waals surface area contributed by atoms with Crippen LogP contribution < -0.4 is 4.74 Å². The van der Waals surface area contributed by atoms with E-state index in [2.05, 4.69) is 25.8 Å². The second kappa shape index (κ2) is 7.01. The highest BCUT2D eigenvalue weighted by Gasteiger charge is 2.04. The number of carboxylic acids is 1. The Balaban J connectivity index is 2.33. The van der Waals surface area contributed by atoms with Gasteiger partial charge in [0, 0.05) is 13.1 Å². The van der Waals surface area contributed by atoms with Gasteiger partial charge in [-0.2, -0.15) is 0 Å². The first kappa shape index (κ1) is 14.5. The van der Waals surface area contributed by atoms with Crippen LogP contribution in [0.4, 0.5) is 0 Å². The smallest absolute Gasteiger partial charge is 0.335 e. The van der Waals surface area contributed by atoms with Gasteiger partial charge in [-0.3, -0.25) is 0 Å². The average molecular weight is 251 g/mol. The fourth-order valence-corrected chi connectivity index (χ4v) is 1.73. The number of ether oxygens (including phenoxy) is 1. The zero-order valence-electron chi connectivity index (χ0n) is 11.2. The molecule has 1 rings (SSSR count). The summed E-state index contributed by atoms with van der Waals surface area (Å²) in [4.78, 5) is 12.9. The molecule has 0 unspecified atom stereocenters. The highest BCUT2D eigenvalue weighted by molar-refractivity contribution is 5.87. The van der Waals surface area contributed by atoms with E-state index in [0.29, 0.717) is 18.3 Å². The quantitative estimate of drug-likeness (QED) is 0.808. The number of aromatic carboxylic acids is 1. The molecular weight excluding hydrogens is 230 g/mol. The number of benzene rings is 1. The molecule has 0 saturated heterocycles. The maximum absolute atomic E-state index is 10.7. The molecule has 0 fully saturated rings. The average Bonchev–Trinajstić information content (AvgIpc) is 2.28. The summed E-state index contributed by atoms with van der Waals surface area (Å²) in [5.41, 5.74) is 0.277. The molecule has 4 nitrogen and oxygen atoms in total. The van der Waals surface area contributed by atoms with Crippen LogP contribution in [0.1, 0.15) is 24.2 Å². The molecule has 0 aliphatic heterocycles. The lowest BCUT2D eigenvalue weighted by Crippen LogP contribution is -2.27. The highest BCUT2D eigenvalue weighted by atomic mass is 16.5. The summed E-state index contributed by atoms with van der Waals surface area (Å²) >= 11 is 0. The van der Waals surface area contributed by atoms with Crippen molar-refractivity contribution >= 4 is 5.97 Å². The topological polar surface area (TPSA) is 49.8 Å². The van der Waals surface area contributed by atoms with E-state index in [1.807, 2.05) is 0 Å². The summed E-state index contributed by atoms with van der Waals surface area (Å²) in [5, 5.41) is 8.76. The van der Waals surface area contributed by atoms with Gasteiger partial charge < -0.3 is 14.7 Å². The second-order valence-corrected chi connectivity index (χ2v) is 4.83. The summed E-state index contributed by atoms with van der Waals surface area (Å²) in [6.45, 7) is 6.87. The number of hydrogen-bond donors (Lipinski definition) is 1. The summed E-state index contributed by atoms with van der Waals surface area (Å²) in [6, 6.07) is 6.47. The number of hydrogen-bond acceptors (Lipinski definition) is 3. The van der Waals surface area contributed by atoms with Crippen LogP contribution in [0.25, 0.3) is 0 Å². The molecule has 0 aliphatic rings. The standard InChI is InChI=1S/C14H21NO3/c1-11(2)10-15(3)8-9-18-13-6-4-12(5-7-13)14(16)17/h4-7,11H,8-10H2,1-3H3,(H,16,17). The van der Waals surface area contributed by atoms with Gasteiger partial charge in [0.2, 0.25) is 0 Å². The summed E-state index contributed by atoms with van der Waals surface area (Å²) < 4.78 is 5.56.